The summed E-state index contributed by atoms with van der Waals surface area (Å²) >= 11 is 3.19. The van der Waals surface area contributed by atoms with Gasteiger partial charge in [-0.25, -0.2) is 0 Å². The lowest BCUT2D eigenvalue weighted by atomic mass is 10.1. The lowest BCUT2D eigenvalue weighted by Crippen LogP contribution is -2.19. The zero-order chi connectivity index (χ0) is 17.9. The summed E-state index contributed by atoms with van der Waals surface area (Å²) in [5.41, 5.74) is 2.33. The highest BCUT2D eigenvalue weighted by Crippen LogP contribution is 2.24. The number of nitrogens with one attached hydrogen (secondary N) is 1. The molecule has 3 aromatic rings. The molecule has 2 aromatic heterocycles. The van der Waals surface area contributed by atoms with Crippen molar-refractivity contribution >= 4 is 33.3 Å². The maximum absolute atomic E-state index is 12.2. The van der Waals surface area contributed by atoms with Crippen molar-refractivity contribution in [3.8, 4) is 11.3 Å². The van der Waals surface area contributed by atoms with Gasteiger partial charge in [-0.15, -0.1) is 10.2 Å². The number of hydrogen-bond donors (Lipinski definition) is 1. The lowest BCUT2D eigenvalue weighted by molar-refractivity contribution is 0.0995. The number of anilines is 2. The second kappa shape index (κ2) is 7.29. The summed E-state index contributed by atoms with van der Waals surface area (Å²) in [6.07, 6.45) is 2.41. The molecule has 0 bridgehead atoms. The summed E-state index contributed by atoms with van der Waals surface area (Å²) in [7, 11) is 0. The van der Waals surface area contributed by atoms with Gasteiger partial charge in [0, 0.05) is 24.3 Å². The van der Waals surface area contributed by atoms with E-state index in [1.54, 1.807) is 12.1 Å². The molecule has 0 unspecified atom stereocenters. The Bertz CT molecular complexity index is 917. The number of hydrogen-bond acceptors (Lipinski definition) is 5. The van der Waals surface area contributed by atoms with Crippen LogP contribution in [0.1, 0.15) is 23.4 Å². The molecule has 1 aliphatic rings. The molecule has 0 atom stereocenters. The number of carbonyl (C=O) groups excluding carboxylic acids is 1. The van der Waals surface area contributed by atoms with Gasteiger partial charge in [0.15, 0.2) is 16.2 Å². The summed E-state index contributed by atoms with van der Waals surface area (Å²) in [6, 6.07) is 14.8. The molecule has 7 heteroatoms. The molecule has 0 radical (unpaired) electrons. The van der Waals surface area contributed by atoms with Crippen LogP contribution in [0.25, 0.3) is 11.3 Å². The number of nitrogens with zero attached hydrogens (tertiary/aromatic N) is 3. The van der Waals surface area contributed by atoms with Crippen molar-refractivity contribution in [3.05, 3.63) is 59.0 Å². The number of halogens is 1. The Kier molecular flexibility index (Phi) is 4.71. The minimum absolute atomic E-state index is 0.247. The number of benzene rings is 1. The largest absolute Gasteiger partial charge is 0.444 e. The molecular formula is C19H17BrN4O2. The van der Waals surface area contributed by atoms with Crippen LogP contribution in [0.3, 0.4) is 0 Å². The SMILES string of the molecule is O=C(Nc1cccc(-c2ccc(N3CCCC3)nn2)c1)c1ccc(Br)o1. The van der Waals surface area contributed by atoms with Crippen molar-refractivity contribution in [2.45, 2.75) is 12.8 Å². The Morgan fingerprint density at radius 3 is 2.62 bits per heavy atom. The second-order valence-corrected chi connectivity index (χ2v) is 6.89. The molecule has 0 aliphatic carbocycles. The predicted molar refractivity (Wildman–Crippen MR) is 103 cm³/mol. The Morgan fingerprint density at radius 1 is 1.08 bits per heavy atom. The highest BCUT2D eigenvalue weighted by Gasteiger charge is 2.14. The average molecular weight is 413 g/mol. The molecule has 26 heavy (non-hydrogen) atoms. The molecule has 0 saturated carbocycles. The lowest BCUT2D eigenvalue weighted by Gasteiger charge is -2.15. The first kappa shape index (κ1) is 16.8. The van der Waals surface area contributed by atoms with Crippen molar-refractivity contribution in [1.29, 1.82) is 0 Å². The van der Waals surface area contributed by atoms with Gasteiger partial charge in [-0.1, -0.05) is 12.1 Å². The van der Waals surface area contributed by atoms with Gasteiger partial charge in [-0.05, 0) is 65.2 Å². The number of furan rings is 1. The van der Waals surface area contributed by atoms with E-state index in [1.807, 2.05) is 36.4 Å². The molecule has 3 heterocycles. The van der Waals surface area contributed by atoms with Gasteiger partial charge in [0.2, 0.25) is 0 Å². The van der Waals surface area contributed by atoms with Crippen molar-refractivity contribution in [2.24, 2.45) is 0 Å². The van der Waals surface area contributed by atoms with Crippen LogP contribution < -0.4 is 10.2 Å². The van der Waals surface area contributed by atoms with E-state index in [0.29, 0.717) is 10.4 Å². The van der Waals surface area contributed by atoms with Crippen LogP contribution >= 0.6 is 15.9 Å². The van der Waals surface area contributed by atoms with E-state index >= 15 is 0 Å². The average Bonchev–Trinajstić information content (AvgIpc) is 3.34. The van der Waals surface area contributed by atoms with E-state index in [9.17, 15) is 4.79 Å². The van der Waals surface area contributed by atoms with Crippen molar-refractivity contribution < 1.29 is 9.21 Å². The molecule has 1 aromatic carbocycles. The fraction of sp³-hybridized carbons (Fsp3) is 0.211. The van der Waals surface area contributed by atoms with Gasteiger partial charge in [-0.3, -0.25) is 4.79 Å². The maximum atomic E-state index is 12.2. The van der Waals surface area contributed by atoms with Gasteiger partial charge in [-0.2, -0.15) is 0 Å². The minimum Gasteiger partial charge on any atom is -0.444 e. The molecule has 0 spiro atoms. The summed E-state index contributed by atoms with van der Waals surface area (Å²) in [6.45, 7) is 2.08. The van der Waals surface area contributed by atoms with Crippen molar-refractivity contribution in [3.63, 3.8) is 0 Å². The van der Waals surface area contributed by atoms with E-state index in [0.717, 1.165) is 30.2 Å². The summed E-state index contributed by atoms with van der Waals surface area (Å²) in [5.74, 6) is 0.861. The fourth-order valence-electron chi connectivity index (χ4n) is 2.98. The van der Waals surface area contributed by atoms with Crippen LogP contribution in [0.2, 0.25) is 0 Å². The van der Waals surface area contributed by atoms with Gasteiger partial charge in [0.05, 0.1) is 5.69 Å². The standard InChI is InChI=1S/C19H17BrN4O2/c20-17-8-7-16(26-17)19(25)21-14-5-3-4-13(12-14)15-6-9-18(23-22-15)24-10-1-2-11-24/h3-9,12H,1-2,10-11H2,(H,21,25). The van der Waals surface area contributed by atoms with Gasteiger partial charge < -0.3 is 14.6 Å². The van der Waals surface area contributed by atoms with Gasteiger partial charge in [0.1, 0.15) is 0 Å². The second-order valence-electron chi connectivity index (χ2n) is 6.11. The van der Waals surface area contributed by atoms with Gasteiger partial charge >= 0.3 is 0 Å². The quantitative estimate of drug-likeness (QED) is 0.689. The molecule has 1 amide bonds. The van der Waals surface area contributed by atoms with E-state index in [1.165, 1.54) is 12.8 Å². The number of carbonyl (C=O) groups is 1. The topological polar surface area (TPSA) is 71.3 Å². The zero-order valence-corrected chi connectivity index (χ0v) is 15.6. The number of aromatic nitrogens is 2. The van der Waals surface area contributed by atoms with Crippen LogP contribution in [-0.4, -0.2) is 29.2 Å². The van der Waals surface area contributed by atoms with Crippen LogP contribution in [0, 0.1) is 0 Å². The summed E-state index contributed by atoms with van der Waals surface area (Å²) < 4.78 is 5.79. The predicted octanol–water partition coefficient (Wildman–Crippen LogP) is 4.35. The molecule has 1 aliphatic heterocycles. The van der Waals surface area contributed by atoms with Crippen LogP contribution in [0.4, 0.5) is 11.5 Å². The van der Waals surface area contributed by atoms with Crippen LogP contribution in [0.15, 0.2) is 57.6 Å². The third-order valence-electron chi connectivity index (χ3n) is 4.29. The van der Waals surface area contributed by atoms with Crippen LogP contribution in [-0.2, 0) is 0 Å². The zero-order valence-electron chi connectivity index (χ0n) is 14.0. The Hall–Kier alpha value is -2.67. The van der Waals surface area contributed by atoms with Crippen molar-refractivity contribution in [1.82, 2.24) is 10.2 Å². The third kappa shape index (κ3) is 3.62. The first-order valence-electron chi connectivity index (χ1n) is 8.45. The molecule has 1 N–H and O–H groups in total. The highest BCUT2D eigenvalue weighted by atomic mass is 79.9. The first-order chi connectivity index (χ1) is 12.7. The van der Waals surface area contributed by atoms with Gasteiger partial charge in [0.25, 0.3) is 5.91 Å². The van der Waals surface area contributed by atoms with E-state index in [-0.39, 0.29) is 11.7 Å². The van der Waals surface area contributed by atoms with Crippen LogP contribution in [0.5, 0.6) is 0 Å². The Labute approximate surface area is 159 Å². The molecule has 6 nitrogen and oxygen atoms in total. The molecule has 1 fully saturated rings. The minimum atomic E-state index is -0.302. The monoisotopic (exact) mass is 412 g/mol. The summed E-state index contributed by atoms with van der Waals surface area (Å²) in [5, 5.41) is 11.5. The first-order valence-corrected chi connectivity index (χ1v) is 9.24. The molecule has 1 saturated heterocycles. The number of amides is 1. The molecular weight excluding hydrogens is 396 g/mol. The normalized spacial score (nSPS) is 13.8. The van der Waals surface area contributed by atoms with E-state index < -0.39 is 0 Å². The van der Waals surface area contributed by atoms with E-state index in [2.05, 4.69) is 36.3 Å². The van der Waals surface area contributed by atoms with Crippen molar-refractivity contribution in [2.75, 3.05) is 23.3 Å². The number of rotatable bonds is 4. The third-order valence-corrected chi connectivity index (χ3v) is 4.72. The van der Waals surface area contributed by atoms with E-state index in [4.69, 9.17) is 4.42 Å². The molecule has 4 rings (SSSR count). The highest BCUT2D eigenvalue weighted by molar-refractivity contribution is 9.10. The Balaban J connectivity index is 1.51. The molecule has 132 valence electrons. The smallest absolute Gasteiger partial charge is 0.291 e. The fourth-order valence-corrected chi connectivity index (χ4v) is 3.29. The summed E-state index contributed by atoms with van der Waals surface area (Å²) in [4.78, 5) is 14.5. The Morgan fingerprint density at radius 2 is 1.92 bits per heavy atom. The maximum Gasteiger partial charge on any atom is 0.291 e.